The lowest BCUT2D eigenvalue weighted by atomic mass is 9.99. The van der Waals surface area contributed by atoms with E-state index in [1.807, 2.05) is 0 Å². The van der Waals surface area contributed by atoms with Crippen LogP contribution in [0.3, 0.4) is 0 Å². The van der Waals surface area contributed by atoms with Crippen molar-refractivity contribution < 1.29 is 20.1 Å². The number of amides is 1. The van der Waals surface area contributed by atoms with E-state index < -0.39 is 18.2 Å². The number of carbonyl (C=O) groups excluding carboxylic acids is 1. The molecule has 0 aliphatic rings. The van der Waals surface area contributed by atoms with Crippen LogP contribution < -0.4 is 5.32 Å². The minimum atomic E-state index is -1.13. The molecular formula is C40H81NO4. The SMILES string of the molecule is CCCCCCCCCCCCCCCCCCCCCCC(=O)N[C@@H](CO)[C@H](O)[C@H](O)CCCCCCCCCCC(C)C. The van der Waals surface area contributed by atoms with Gasteiger partial charge in [0.1, 0.15) is 6.10 Å². The molecule has 0 aromatic rings. The fourth-order valence-corrected chi connectivity index (χ4v) is 6.46. The van der Waals surface area contributed by atoms with Crippen LogP contribution in [-0.2, 0) is 4.79 Å². The number of hydrogen-bond donors (Lipinski definition) is 4. The zero-order valence-electron chi connectivity index (χ0n) is 30.7. The number of nitrogens with one attached hydrogen (secondary N) is 1. The summed E-state index contributed by atoms with van der Waals surface area (Å²) < 4.78 is 0. The average molecular weight is 640 g/mol. The molecule has 5 nitrogen and oxygen atoms in total. The third-order valence-corrected chi connectivity index (χ3v) is 9.64. The Bertz CT molecular complexity index is 599. The number of aliphatic hydroxyl groups is 3. The third-order valence-electron chi connectivity index (χ3n) is 9.64. The van der Waals surface area contributed by atoms with Crippen molar-refractivity contribution in [2.75, 3.05) is 6.61 Å². The molecule has 0 saturated heterocycles. The van der Waals surface area contributed by atoms with E-state index in [2.05, 4.69) is 26.1 Å². The Morgan fingerprint density at radius 1 is 0.511 bits per heavy atom. The van der Waals surface area contributed by atoms with Crippen LogP contribution >= 0.6 is 0 Å². The monoisotopic (exact) mass is 640 g/mol. The molecule has 0 aliphatic heterocycles. The van der Waals surface area contributed by atoms with Crippen LogP contribution in [0.5, 0.6) is 0 Å². The van der Waals surface area contributed by atoms with E-state index in [0.717, 1.165) is 44.4 Å². The fraction of sp³-hybridized carbons (Fsp3) is 0.975. The van der Waals surface area contributed by atoms with Gasteiger partial charge in [0.05, 0.1) is 18.8 Å². The molecule has 0 radical (unpaired) electrons. The van der Waals surface area contributed by atoms with Crippen molar-refractivity contribution in [3.8, 4) is 0 Å². The number of aliphatic hydroxyl groups excluding tert-OH is 3. The Kier molecular flexibility index (Phi) is 34.2. The van der Waals surface area contributed by atoms with Gasteiger partial charge in [0.2, 0.25) is 5.91 Å². The van der Waals surface area contributed by atoms with Crippen LogP contribution in [0, 0.1) is 5.92 Å². The summed E-state index contributed by atoms with van der Waals surface area (Å²) in [7, 11) is 0. The van der Waals surface area contributed by atoms with Crippen LogP contribution in [0.15, 0.2) is 0 Å². The van der Waals surface area contributed by atoms with Crippen molar-refractivity contribution in [2.45, 2.75) is 238 Å². The zero-order chi connectivity index (χ0) is 33.2. The van der Waals surface area contributed by atoms with Crippen molar-refractivity contribution in [3.63, 3.8) is 0 Å². The van der Waals surface area contributed by atoms with Crippen molar-refractivity contribution in [2.24, 2.45) is 5.92 Å². The zero-order valence-corrected chi connectivity index (χ0v) is 30.7. The summed E-state index contributed by atoms with van der Waals surface area (Å²) in [6.07, 6.45) is 36.4. The molecule has 4 N–H and O–H groups in total. The van der Waals surface area contributed by atoms with Crippen LogP contribution in [0.25, 0.3) is 0 Å². The molecule has 0 aromatic carbocycles. The maximum atomic E-state index is 12.4. The molecule has 270 valence electrons. The Labute approximate surface area is 281 Å². The molecule has 0 aliphatic carbocycles. The first kappa shape index (κ1) is 44.4. The molecule has 0 rings (SSSR count). The molecule has 5 heteroatoms. The van der Waals surface area contributed by atoms with Gasteiger partial charge < -0.3 is 20.6 Å². The van der Waals surface area contributed by atoms with Crippen molar-refractivity contribution >= 4 is 5.91 Å². The molecule has 3 atom stereocenters. The van der Waals surface area contributed by atoms with Crippen LogP contribution in [0.4, 0.5) is 0 Å². The van der Waals surface area contributed by atoms with Crippen molar-refractivity contribution in [3.05, 3.63) is 0 Å². The lowest BCUT2D eigenvalue weighted by Gasteiger charge is -2.26. The second-order valence-electron chi connectivity index (χ2n) is 14.7. The molecule has 0 saturated carbocycles. The summed E-state index contributed by atoms with van der Waals surface area (Å²) in [6, 6.07) is -0.802. The van der Waals surface area contributed by atoms with Gasteiger partial charge in [-0.3, -0.25) is 4.79 Å². The predicted molar refractivity (Wildman–Crippen MR) is 195 cm³/mol. The summed E-state index contributed by atoms with van der Waals surface area (Å²) in [4.78, 5) is 12.4. The van der Waals surface area contributed by atoms with E-state index in [9.17, 15) is 20.1 Å². The maximum absolute atomic E-state index is 12.4. The molecular weight excluding hydrogens is 558 g/mol. The molecule has 1 amide bonds. The molecule has 0 heterocycles. The highest BCUT2D eigenvalue weighted by Gasteiger charge is 2.26. The van der Waals surface area contributed by atoms with Crippen LogP contribution in [0.2, 0.25) is 0 Å². The van der Waals surface area contributed by atoms with E-state index in [4.69, 9.17) is 0 Å². The Balaban J connectivity index is 3.58. The quantitative estimate of drug-likeness (QED) is 0.0513. The minimum Gasteiger partial charge on any atom is -0.394 e. The van der Waals surface area contributed by atoms with Gasteiger partial charge in [0.15, 0.2) is 0 Å². The van der Waals surface area contributed by atoms with Crippen LogP contribution in [0.1, 0.15) is 220 Å². The highest BCUT2D eigenvalue weighted by Crippen LogP contribution is 2.17. The van der Waals surface area contributed by atoms with E-state index in [0.29, 0.717) is 12.8 Å². The first-order valence-electron chi connectivity index (χ1n) is 20.2. The summed E-state index contributed by atoms with van der Waals surface area (Å²) >= 11 is 0. The number of carbonyl (C=O) groups is 1. The molecule has 0 unspecified atom stereocenters. The minimum absolute atomic E-state index is 0.142. The largest absolute Gasteiger partial charge is 0.394 e. The van der Waals surface area contributed by atoms with E-state index in [-0.39, 0.29) is 12.5 Å². The van der Waals surface area contributed by atoms with Gasteiger partial charge >= 0.3 is 0 Å². The molecule has 0 spiro atoms. The predicted octanol–water partition coefficient (Wildman–Crippen LogP) is 11.0. The maximum Gasteiger partial charge on any atom is 0.220 e. The lowest BCUT2D eigenvalue weighted by molar-refractivity contribution is -0.124. The van der Waals surface area contributed by atoms with Crippen molar-refractivity contribution in [1.82, 2.24) is 5.32 Å². The van der Waals surface area contributed by atoms with Gasteiger partial charge in [-0.15, -0.1) is 0 Å². The molecule has 0 bridgehead atoms. The summed E-state index contributed by atoms with van der Waals surface area (Å²) in [5.41, 5.74) is 0. The average Bonchev–Trinajstić information content (AvgIpc) is 3.02. The highest BCUT2D eigenvalue weighted by atomic mass is 16.3. The normalized spacial score (nSPS) is 13.8. The smallest absolute Gasteiger partial charge is 0.220 e. The third kappa shape index (κ3) is 31.7. The number of unbranched alkanes of at least 4 members (excludes halogenated alkanes) is 26. The van der Waals surface area contributed by atoms with Gasteiger partial charge in [-0.1, -0.05) is 201 Å². The summed E-state index contributed by atoms with van der Waals surface area (Å²) in [5.74, 6) is 0.662. The fourth-order valence-electron chi connectivity index (χ4n) is 6.46. The molecule has 45 heavy (non-hydrogen) atoms. The first-order valence-corrected chi connectivity index (χ1v) is 20.2. The first-order chi connectivity index (χ1) is 21.9. The van der Waals surface area contributed by atoms with Gasteiger partial charge in [0.25, 0.3) is 0 Å². The Hall–Kier alpha value is -0.650. The highest BCUT2D eigenvalue weighted by molar-refractivity contribution is 5.76. The second-order valence-corrected chi connectivity index (χ2v) is 14.7. The van der Waals surface area contributed by atoms with E-state index >= 15 is 0 Å². The standard InChI is InChI=1S/C40H81NO4/c1-4-5-6-7-8-9-10-11-12-13-14-15-16-17-18-19-20-25-28-31-34-39(44)41-37(35-42)40(45)38(43)33-30-27-24-22-21-23-26-29-32-36(2)3/h36-38,40,42-43,45H,4-35H2,1-3H3,(H,41,44)/t37-,38+,40-/m0/s1. The van der Waals surface area contributed by atoms with E-state index in [1.54, 1.807) is 0 Å². The Morgan fingerprint density at radius 3 is 1.20 bits per heavy atom. The van der Waals surface area contributed by atoms with Gasteiger partial charge in [-0.2, -0.15) is 0 Å². The van der Waals surface area contributed by atoms with E-state index in [1.165, 1.54) is 148 Å². The van der Waals surface area contributed by atoms with Gasteiger partial charge in [0, 0.05) is 6.42 Å². The van der Waals surface area contributed by atoms with Gasteiger partial charge in [-0.05, 0) is 18.8 Å². The van der Waals surface area contributed by atoms with Gasteiger partial charge in [-0.25, -0.2) is 0 Å². The number of hydrogen-bond acceptors (Lipinski definition) is 4. The Morgan fingerprint density at radius 2 is 0.844 bits per heavy atom. The topological polar surface area (TPSA) is 89.8 Å². The molecule has 0 aromatic heterocycles. The number of rotatable bonds is 36. The molecule has 0 fully saturated rings. The van der Waals surface area contributed by atoms with Crippen LogP contribution in [-0.4, -0.2) is 46.1 Å². The summed E-state index contributed by atoms with van der Waals surface area (Å²) in [6.45, 7) is 6.49. The second kappa shape index (κ2) is 34.7. The lowest BCUT2D eigenvalue weighted by Crippen LogP contribution is -2.50. The summed E-state index contributed by atoms with van der Waals surface area (Å²) in [5, 5.41) is 33.4. The van der Waals surface area contributed by atoms with Crippen molar-refractivity contribution in [1.29, 1.82) is 0 Å².